The summed E-state index contributed by atoms with van der Waals surface area (Å²) in [6.45, 7) is 0. The fourth-order valence-electron chi connectivity index (χ4n) is 2.08. The lowest BCUT2D eigenvalue weighted by Gasteiger charge is -2.07. The lowest BCUT2D eigenvalue weighted by molar-refractivity contribution is 0.416. The van der Waals surface area contributed by atoms with E-state index < -0.39 is 0 Å². The Morgan fingerprint density at radius 1 is 1.11 bits per heavy atom. The van der Waals surface area contributed by atoms with E-state index in [9.17, 15) is 0 Å². The number of para-hydroxylation sites is 1. The predicted molar refractivity (Wildman–Crippen MR) is 74.6 cm³/mol. The Kier molecular flexibility index (Phi) is 2.67. The van der Waals surface area contributed by atoms with Crippen LogP contribution in [0.5, 0.6) is 5.75 Å². The second-order valence-corrected chi connectivity index (χ2v) is 4.09. The van der Waals surface area contributed by atoms with Gasteiger partial charge < -0.3 is 4.74 Å². The highest BCUT2D eigenvalue weighted by molar-refractivity contribution is 5.95. The Hall–Kier alpha value is -2.78. The standard InChI is InChI=1S/C14H10N4O/c1-19-14-7-10-6-9-4-2-3-5-11(9)16-12(10)8-13(14)17-18-15/h2-8H,1H3. The van der Waals surface area contributed by atoms with Crippen molar-refractivity contribution in [1.82, 2.24) is 4.98 Å². The van der Waals surface area contributed by atoms with Crippen molar-refractivity contribution in [1.29, 1.82) is 0 Å². The van der Waals surface area contributed by atoms with Gasteiger partial charge in [-0.15, -0.1) is 0 Å². The summed E-state index contributed by atoms with van der Waals surface area (Å²) < 4.78 is 5.23. The molecule has 0 aliphatic rings. The van der Waals surface area contributed by atoms with Crippen molar-refractivity contribution in [3.05, 3.63) is 52.9 Å². The molecule has 92 valence electrons. The average Bonchev–Trinajstić information content (AvgIpc) is 2.45. The molecule has 0 radical (unpaired) electrons. The van der Waals surface area contributed by atoms with Gasteiger partial charge in [0.1, 0.15) is 5.75 Å². The van der Waals surface area contributed by atoms with Crippen molar-refractivity contribution < 1.29 is 4.74 Å². The monoisotopic (exact) mass is 250 g/mol. The summed E-state index contributed by atoms with van der Waals surface area (Å²) in [4.78, 5) is 7.36. The lowest BCUT2D eigenvalue weighted by atomic mass is 10.1. The maximum atomic E-state index is 8.57. The van der Waals surface area contributed by atoms with E-state index >= 15 is 0 Å². The third-order valence-electron chi connectivity index (χ3n) is 2.97. The molecule has 0 saturated carbocycles. The van der Waals surface area contributed by atoms with Crippen molar-refractivity contribution in [3.8, 4) is 5.75 Å². The SMILES string of the molecule is COc1cc2cc3ccccc3nc2cc1N=[N+]=[N-]. The molecule has 0 bridgehead atoms. The summed E-state index contributed by atoms with van der Waals surface area (Å²) in [7, 11) is 1.55. The molecule has 3 aromatic rings. The van der Waals surface area contributed by atoms with Crippen LogP contribution in [0.2, 0.25) is 0 Å². The summed E-state index contributed by atoms with van der Waals surface area (Å²) in [5, 5.41) is 5.64. The molecule has 1 heterocycles. The molecular weight excluding hydrogens is 240 g/mol. The van der Waals surface area contributed by atoms with E-state index in [-0.39, 0.29) is 0 Å². The number of pyridine rings is 1. The number of hydrogen-bond acceptors (Lipinski definition) is 3. The molecule has 0 unspecified atom stereocenters. The van der Waals surface area contributed by atoms with Gasteiger partial charge in [0.15, 0.2) is 0 Å². The van der Waals surface area contributed by atoms with Gasteiger partial charge in [0.2, 0.25) is 0 Å². The molecule has 0 aliphatic heterocycles. The highest BCUT2D eigenvalue weighted by Crippen LogP contribution is 2.33. The van der Waals surface area contributed by atoms with Crippen LogP contribution in [0, 0.1) is 0 Å². The highest BCUT2D eigenvalue weighted by atomic mass is 16.5. The molecule has 5 heteroatoms. The average molecular weight is 250 g/mol. The first kappa shape index (κ1) is 11.3. The molecule has 0 amide bonds. The van der Waals surface area contributed by atoms with E-state index in [4.69, 9.17) is 10.3 Å². The summed E-state index contributed by atoms with van der Waals surface area (Å²) in [6, 6.07) is 13.5. The molecular formula is C14H10N4O. The minimum absolute atomic E-state index is 0.445. The van der Waals surface area contributed by atoms with E-state index in [0.717, 1.165) is 21.8 Å². The minimum atomic E-state index is 0.445. The fourth-order valence-corrected chi connectivity index (χ4v) is 2.08. The van der Waals surface area contributed by atoms with Gasteiger partial charge in [-0.1, -0.05) is 23.3 Å². The minimum Gasteiger partial charge on any atom is -0.496 e. The number of ether oxygens (including phenoxy) is 1. The molecule has 5 nitrogen and oxygen atoms in total. The van der Waals surface area contributed by atoms with Crippen molar-refractivity contribution in [2.45, 2.75) is 0 Å². The van der Waals surface area contributed by atoms with Crippen molar-refractivity contribution in [2.24, 2.45) is 5.11 Å². The van der Waals surface area contributed by atoms with Crippen LogP contribution in [0.3, 0.4) is 0 Å². The number of fused-ring (bicyclic) bond motifs is 2. The van der Waals surface area contributed by atoms with Crippen LogP contribution in [0.4, 0.5) is 5.69 Å². The number of benzene rings is 2. The lowest BCUT2D eigenvalue weighted by Crippen LogP contribution is -1.86. The van der Waals surface area contributed by atoms with Crippen LogP contribution in [0.15, 0.2) is 47.6 Å². The summed E-state index contributed by atoms with van der Waals surface area (Å²) >= 11 is 0. The number of nitrogens with zero attached hydrogens (tertiary/aromatic N) is 4. The quantitative estimate of drug-likeness (QED) is 0.294. The zero-order valence-corrected chi connectivity index (χ0v) is 10.2. The molecule has 0 saturated heterocycles. The van der Waals surface area contributed by atoms with Crippen molar-refractivity contribution in [3.63, 3.8) is 0 Å². The largest absolute Gasteiger partial charge is 0.496 e. The second-order valence-electron chi connectivity index (χ2n) is 4.09. The van der Waals surface area contributed by atoms with Crippen LogP contribution in [0.25, 0.3) is 32.2 Å². The number of azide groups is 1. The van der Waals surface area contributed by atoms with Gasteiger partial charge >= 0.3 is 0 Å². The number of methoxy groups -OCH3 is 1. The number of aromatic nitrogens is 1. The summed E-state index contributed by atoms with van der Waals surface area (Å²) in [5.41, 5.74) is 10.7. The van der Waals surface area contributed by atoms with Gasteiger partial charge in [-0.3, -0.25) is 0 Å². The normalized spacial score (nSPS) is 10.4. The van der Waals surface area contributed by atoms with Gasteiger partial charge in [0.25, 0.3) is 0 Å². The van der Waals surface area contributed by atoms with Gasteiger partial charge in [-0.25, -0.2) is 4.98 Å². The van der Waals surface area contributed by atoms with Crippen LogP contribution >= 0.6 is 0 Å². The topological polar surface area (TPSA) is 70.9 Å². The zero-order chi connectivity index (χ0) is 13.2. The van der Waals surface area contributed by atoms with Crippen LogP contribution in [0.1, 0.15) is 0 Å². The zero-order valence-electron chi connectivity index (χ0n) is 10.2. The molecule has 0 N–H and O–H groups in total. The van der Waals surface area contributed by atoms with E-state index in [2.05, 4.69) is 15.0 Å². The van der Waals surface area contributed by atoms with Gasteiger partial charge in [0.05, 0.1) is 23.8 Å². The Labute approximate surface area is 109 Å². The molecule has 3 rings (SSSR count). The van der Waals surface area contributed by atoms with Gasteiger partial charge in [0, 0.05) is 15.7 Å². The molecule has 1 aromatic heterocycles. The third kappa shape index (κ3) is 1.92. The van der Waals surface area contributed by atoms with Crippen LogP contribution in [-0.2, 0) is 0 Å². The smallest absolute Gasteiger partial charge is 0.129 e. The first-order valence-electron chi connectivity index (χ1n) is 5.74. The fraction of sp³-hybridized carbons (Fsp3) is 0.0714. The second kappa shape index (κ2) is 4.48. The maximum Gasteiger partial charge on any atom is 0.129 e. The highest BCUT2D eigenvalue weighted by Gasteiger charge is 2.06. The first-order chi connectivity index (χ1) is 9.31. The van der Waals surface area contributed by atoms with Crippen molar-refractivity contribution in [2.75, 3.05) is 7.11 Å². The third-order valence-corrected chi connectivity index (χ3v) is 2.97. The summed E-state index contributed by atoms with van der Waals surface area (Å²) in [5.74, 6) is 0.544. The van der Waals surface area contributed by atoms with Crippen molar-refractivity contribution >= 4 is 27.5 Å². The van der Waals surface area contributed by atoms with Crippen LogP contribution in [-0.4, -0.2) is 12.1 Å². The van der Waals surface area contributed by atoms with E-state index in [1.54, 1.807) is 13.2 Å². The van der Waals surface area contributed by atoms with Gasteiger partial charge in [-0.05, 0) is 29.8 Å². The molecule has 0 spiro atoms. The number of hydrogen-bond donors (Lipinski definition) is 0. The Morgan fingerprint density at radius 3 is 2.74 bits per heavy atom. The Balaban J connectivity index is 2.37. The molecule has 0 atom stereocenters. The maximum absolute atomic E-state index is 8.57. The summed E-state index contributed by atoms with van der Waals surface area (Å²) in [6.07, 6.45) is 0. The van der Waals surface area contributed by atoms with Crippen LogP contribution < -0.4 is 4.74 Å². The predicted octanol–water partition coefficient (Wildman–Crippen LogP) is 4.34. The van der Waals surface area contributed by atoms with E-state index in [1.807, 2.05) is 36.4 Å². The molecule has 2 aromatic carbocycles. The van der Waals surface area contributed by atoms with Gasteiger partial charge in [-0.2, -0.15) is 0 Å². The van der Waals surface area contributed by atoms with E-state index in [0.29, 0.717) is 11.4 Å². The number of rotatable bonds is 2. The Morgan fingerprint density at radius 2 is 1.95 bits per heavy atom. The Bertz CT molecular complexity index is 822. The molecule has 19 heavy (non-hydrogen) atoms. The molecule has 0 fully saturated rings. The molecule has 0 aliphatic carbocycles. The first-order valence-corrected chi connectivity index (χ1v) is 5.74. The van der Waals surface area contributed by atoms with E-state index in [1.165, 1.54) is 0 Å².